The van der Waals surface area contributed by atoms with E-state index in [1.807, 2.05) is 20.8 Å². The lowest BCUT2D eigenvalue weighted by Gasteiger charge is -2.15. The molecule has 0 atom stereocenters. The normalized spacial score (nSPS) is 11.7. The molecule has 0 aliphatic rings. The molecule has 3 N–H and O–H groups in total. The number of rotatable bonds is 5. The van der Waals surface area contributed by atoms with Crippen LogP contribution in [0.5, 0.6) is 11.5 Å². The van der Waals surface area contributed by atoms with E-state index >= 15 is 0 Å². The van der Waals surface area contributed by atoms with Gasteiger partial charge in [0, 0.05) is 11.8 Å². The Hall–Kier alpha value is -3.56. The number of aryl methyl sites for hydroxylation is 1. The smallest absolute Gasteiger partial charge is 0.405 e. The van der Waals surface area contributed by atoms with E-state index in [4.69, 9.17) is 0 Å². The molecule has 0 aliphatic carbocycles. The number of aromatic hydroxyl groups is 2. The summed E-state index contributed by atoms with van der Waals surface area (Å²) in [5.41, 5.74) is 2.04. The van der Waals surface area contributed by atoms with Crippen LogP contribution in [0.4, 0.5) is 13.2 Å². The van der Waals surface area contributed by atoms with Crippen LogP contribution in [-0.4, -0.2) is 43.6 Å². The van der Waals surface area contributed by atoms with Gasteiger partial charge < -0.3 is 15.5 Å². The number of nitrogens with one attached hydrogen (secondary N) is 1. The second-order valence-electron chi connectivity index (χ2n) is 7.40. The predicted octanol–water partition coefficient (Wildman–Crippen LogP) is 4.07. The van der Waals surface area contributed by atoms with Crippen molar-refractivity contribution in [2.45, 2.75) is 32.9 Å². The van der Waals surface area contributed by atoms with Crippen LogP contribution in [0.15, 0.2) is 36.4 Å². The Morgan fingerprint density at radius 2 is 1.74 bits per heavy atom. The molecule has 0 aliphatic heterocycles. The summed E-state index contributed by atoms with van der Waals surface area (Å²) < 4.78 is 39.0. The first-order valence-electron chi connectivity index (χ1n) is 9.41. The molecule has 1 aromatic heterocycles. The van der Waals surface area contributed by atoms with E-state index in [-0.39, 0.29) is 34.6 Å². The Labute approximate surface area is 176 Å². The molecule has 0 fully saturated rings. The molecule has 2 aromatic carbocycles. The first-order chi connectivity index (χ1) is 14.5. The average Bonchev–Trinajstić information content (AvgIpc) is 3.10. The van der Waals surface area contributed by atoms with E-state index in [0.717, 1.165) is 11.6 Å². The molecule has 3 aromatic rings. The first kappa shape index (κ1) is 22.1. The molecule has 10 heteroatoms. The molecule has 0 unspecified atom stereocenters. The van der Waals surface area contributed by atoms with E-state index in [2.05, 4.69) is 10.2 Å². The Morgan fingerprint density at radius 1 is 1.10 bits per heavy atom. The molecule has 3 rings (SSSR count). The highest BCUT2D eigenvalue weighted by Crippen LogP contribution is 2.38. The number of carbonyl (C=O) groups excluding carboxylic acids is 1. The number of alkyl halides is 3. The average molecular weight is 434 g/mol. The largest absolute Gasteiger partial charge is 0.508 e. The molecule has 164 valence electrons. The summed E-state index contributed by atoms with van der Waals surface area (Å²) in [5.74, 6) is -1.92. The second-order valence-corrected chi connectivity index (χ2v) is 7.40. The minimum Gasteiger partial charge on any atom is -0.508 e. The van der Waals surface area contributed by atoms with Gasteiger partial charge in [0.1, 0.15) is 18.0 Å². The fourth-order valence-corrected chi connectivity index (χ4v) is 3.04. The Morgan fingerprint density at radius 3 is 2.32 bits per heavy atom. The molecular formula is C21H21F3N4O3. The summed E-state index contributed by atoms with van der Waals surface area (Å²) in [4.78, 5) is 12.5. The number of carbonyl (C=O) groups is 1. The van der Waals surface area contributed by atoms with Crippen molar-refractivity contribution in [2.24, 2.45) is 0 Å². The molecule has 1 amide bonds. The van der Waals surface area contributed by atoms with Crippen molar-refractivity contribution >= 4 is 5.91 Å². The lowest BCUT2D eigenvalue weighted by Crippen LogP contribution is -2.35. The lowest BCUT2D eigenvalue weighted by atomic mass is 9.98. The Kier molecular flexibility index (Phi) is 5.92. The van der Waals surface area contributed by atoms with E-state index in [1.54, 1.807) is 29.6 Å². The maximum Gasteiger partial charge on any atom is 0.405 e. The highest BCUT2D eigenvalue weighted by atomic mass is 19.4. The molecule has 1 heterocycles. The van der Waals surface area contributed by atoms with Crippen LogP contribution < -0.4 is 5.32 Å². The third-order valence-corrected chi connectivity index (χ3v) is 4.62. The highest BCUT2D eigenvalue weighted by molar-refractivity contribution is 5.92. The quantitative estimate of drug-likeness (QED) is 0.562. The summed E-state index contributed by atoms with van der Waals surface area (Å²) in [6.07, 6.45) is -4.59. The Balaban J connectivity index is 2.18. The van der Waals surface area contributed by atoms with Crippen molar-refractivity contribution in [1.82, 2.24) is 20.1 Å². The zero-order chi connectivity index (χ0) is 22.9. The topological polar surface area (TPSA) is 100 Å². The number of hydrogen-bond donors (Lipinski definition) is 3. The first-order valence-corrected chi connectivity index (χ1v) is 9.41. The van der Waals surface area contributed by atoms with Crippen LogP contribution in [0.3, 0.4) is 0 Å². The standard InChI is InChI=1S/C21H21F3N4O3/c1-11(2)14-8-15(17(30)9-16(14)29)18-26-27-19(20(31)25-10-21(22,23)24)28(18)13-6-4-12(3)5-7-13/h4-9,11,29-30H,10H2,1-3H3,(H,25,31). The van der Waals surface area contributed by atoms with Crippen molar-refractivity contribution in [3.05, 3.63) is 53.3 Å². The maximum atomic E-state index is 12.6. The zero-order valence-corrected chi connectivity index (χ0v) is 17.0. The fraction of sp³-hybridized carbons (Fsp3) is 0.286. The van der Waals surface area contributed by atoms with Gasteiger partial charge >= 0.3 is 6.18 Å². The Bertz CT molecular complexity index is 1110. The minimum absolute atomic E-state index is 0.0420. The third kappa shape index (κ3) is 4.79. The minimum atomic E-state index is -4.59. The number of benzene rings is 2. The van der Waals surface area contributed by atoms with E-state index in [0.29, 0.717) is 11.3 Å². The van der Waals surface area contributed by atoms with Gasteiger partial charge in [0.25, 0.3) is 5.91 Å². The van der Waals surface area contributed by atoms with Gasteiger partial charge in [0.2, 0.25) is 5.82 Å². The molecule has 7 nitrogen and oxygen atoms in total. The van der Waals surface area contributed by atoms with Gasteiger partial charge in [-0.15, -0.1) is 10.2 Å². The molecule has 0 spiro atoms. The number of hydrogen-bond acceptors (Lipinski definition) is 5. The van der Waals surface area contributed by atoms with Crippen LogP contribution in [0, 0.1) is 6.92 Å². The third-order valence-electron chi connectivity index (χ3n) is 4.62. The van der Waals surface area contributed by atoms with E-state index in [9.17, 15) is 28.2 Å². The van der Waals surface area contributed by atoms with Crippen LogP contribution in [0.1, 0.15) is 41.5 Å². The van der Waals surface area contributed by atoms with Crippen molar-refractivity contribution < 1.29 is 28.2 Å². The molecule has 0 saturated carbocycles. The number of phenols is 2. The maximum absolute atomic E-state index is 12.6. The number of nitrogens with zero attached hydrogens (tertiary/aromatic N) is 3. The van der Waals surface area contributed by atoms with Crippen molar-refractivity contribution in [1.29, 1.82) is 0 Å². The van der Waals surface area contributed by atoms with Gasteiger partial charge in [0.05, 0.1) is 5.56 Å². The van der Waals surface area contributed by atoms with Crippen molar-refractivity contribution in [2.75, 3.05) is 6.54 Å². The monoisotopic (exact) mass is 434 g/mol. The van der Waals surface area contributed by atoms with Crippen molar-refractivity contribution in [3.63, 3.8) is 0 Å². The van der Waals surface area contributed by atoms with Crippen LogP contribution in [0.2, 0.25) is 0 Å². The summed E-state index contributed by atoms with van der Waals surface area (Å²) in [5, 5.41) is 30.1. The summed E-state index contributed by atoms with van der Waals surface area (Å²) in [6, 6.07) is 9.50. The fourth-order valence-electron chi connectivity index (χ4n) is 3.04. The number of phenolic OH excluding ortho intramolecular Hbond substituents is 2. The van der Waals surface area contributed by atoms with Crippen LogP contribution in [-0.2, 0) is 0 Å². The van der Waals surface area contributed by atoms with Crippen LogP contribution >= 0.6 is 0 Å². The summed E-state index contributed by atoms with van der Waals surface area (Å²) in [6.45, 7) is 4.02. The molecular weight excluding hydrogens is 413 g/mol. The van der Waals surface area contributed by atoms with E-state index < -0.39 is 18.6 Å². The van der Waals surface area contributed by atoms with Crippen LogP contribution in [0.25, 0.3) is 17.1 Å². The van der Waals surface area contributed by atoms with E-state index in [1.165, 1.54) is 10.6 Å². The second kappa shape index (κ2) is 8.29. The summed E-state index contributed by atoms with van der Waals surface area (Å²) >= 11 is 0. The number of amides is 1. The predicted molar refractivity (Wildman–Crippen MR) is 107 cm³/mol. The van der Waals surface area contributed by atoms with Crippen molar-refractivity contribution in [3.8, 4) is 28.6 Å². The van der Waals surface area contributed by atoms with Gasteiger partial charge in [0.15, 0.2) is 5.82 Å². The van der Waals surface area contributed by atoms with Gasteiger partial charge in [-0.05, 0) is 36.6 Å². The molecule has 0 bridgehead atoms. The molecule has 0 radical (unpaired) electrons. The van der Waals surface area contributed by atoms with Gasteiger partial charge in [-0.25, -0.2) is 0 Å². The summed E-state index contributed by atoms with van der Waals surface area (Å²) in [7, 11) is 0. The van der Waals surface area contributed by atoms with Gasteiger partial charge in [-0.1, -0.05) is 31.5 Å². The van der Waals surface area contributed by atoms with Gasteiger partial charge in [-0.3, -0.25) is 9.36 Å². The number of halogens is 3. The highest BCUT2D eigenvalue weighted by Gasteiger charge is 2.30. The molecule has 31 heavy (non-hydrogen) atoms. The number of aromatic nitrogens is 3. The SMILES string of the molecule is Cc1ccc(-n2c(C(=O)NCC(F)(F)F)nnc2-c2cc(C(C)C)c(O)cc2O)cc1. The molecule has 0 saturated heterocycles. The zero-order valence-electron chi connectivity index (χ0n) is 17.0. The lowest BCUT2D eigenvalue weighted by molar-refractivity contribution is -0.123. The van der Waals surface area contributed by atoms with Gasteiger partial charge in [-0.2, -0.15) is 13.2 Å².